The summed E-state index contributed by atoms with van der Waals surface area (Å²) in [5.74, 6) is -0.145. The van der Waals surface area contributed by atoms with Gasteiger partial charge < -0.3 is 5.73 Å². The van der Waals surface area contributed by atoms with Gasteiger partial charge in [0.25, 0.3) is 5.91 Å². The van der Waals surface area contributed by atoms with Crippen molar-refractivity contribution in [2.24, 2.45) is 0 Å². The molecular weight excluding hydrogens is 218 g/mol. The Kier molecular flexibility index (Phi) is 2.99. The van der Waals surface area contributed by atoms with Crippen LogP contribution in [0.3, 0.4) is 0 Å². The zero-order chi connectivity index (χ0) is 12.4. The molecule has 0 saturated carbocycles. The van der Waals surface area contributed by atoms with E-state index >= 15 is 0 Å². The topological polar surface area (TPSA) is 66.6 Å². The number of hydrogen-bond donors (Lipinski definition) is 1. The summed E-state index contributed by atoms with van der Waals surface area (Å²) < 4.78 is 0. The second kappa shape index (κ2) is 4.45. The highest BCUT2D eigenvalue weighted by molar-refractivity contribution is 6.12. The maximum Gasteiger partial charge on any atom is 0.331 e. The van der Waals surface area contributed by atoms with E-state index in [9.17, 15) is 9.59 Å². The first-order valence-electron chi connectivity index (χ1n) is 5.61. The number of nitrogens with two attached hydrogens (primary N) is 1. The first-order chi connectivity index (χ1) is 8.13. The summed E-state index contributed by atoms with van der Waals surface area (Å²) in [5, 5.41) is 0. The van der Waals surface area contributed by atoms with Crippen molar-refractivity contribution in [2.45, 2.75) is 13.3 Å². The summed E-state index contributed by atoms with van der Waals surface area (Å²) in [5.41, 5.74) is 6.92. The predicted molar refractivity (Wildman–Crippen MR) is 65.6 cm³/mol. The van der Waals surface area contributed by atoms with E-state index < -0.39 is 0 Å². The molecule has 1 aliphatic rings. The number of anilines is 2. The van der Waals surface area contributed by atoms with Gasteiger partial charge in [-0.1, -0.05) is 6.92 Å². The van der Waals surface area contributed by atoms with E-state index in [1.807, 2.05) is 6.92 Å². The number of amides is 3. The Labute approximate surface area is 99.8 Å². The van der Waals surface area contributed by atoms with E-state index in [0.29, 0.717) is 17.9 Å². The number of hydrogen-bond acceptors (Lipinski definition) is 3. The van der Waals surface area contributed by atoms with Gasteiger partial charge in [0.15, 0.2) is 0 Å². The highest BCUT2D eigenvalue weighted by Gasteiger charge is 2.35. The average molecular weight is 233 g/mol. The Bertz CT molecular complexity index is 442. The first-order valence-corrected chi connectivity index (χ1v) is 5.61. The third kappa shape index (κ3) is 2.08. The molecule has 1 heterocycles. The van der Waals surface area contributed by atoms with Crippen LogP contribution in [0.1, 0.15) is 13.3 Å². The van der Waals surface area contributed by atoms with Crippen molar-refractivity contribution in [3.8, 4) is 0 Å². The summed E-state index contributed by atoms with van der Waals surface area (Å²) in [6.45, 7) is 2.53. The van der Waals surface area contributed by atoms with E-state index in [0.717, 1.165) is 6.42 Å². The molecule has 2 N–H and O–H groups in total. The van der Waals surface area contributed by atoms with Gasteiger partial charge >= 0.3 is 6.03 Å². The van der Waals surface area contributed by atoms with E-state index in [1.54, 1.807) is 24.3 Å². The Balaban J connectivity index is 2.21. The summed E-state index contributed by atoms with van der Waals surface area (Å²) in [6, 6.07) is 6.68. The van der Waals surface area contributed by atoms with Gasteiger partial charge in [-0.15, -0.1) is 0 Å². The number of imide groups is 1. The number of carbonyl (C=O) groups excluding carboxylic acids is 2. The molecule has 0 spiro atoms. The van der Waals surface area contributed by atoms with Crippen molar-refractivity contribution in [1.29, 1.82) is 0 Å². The lowest BCUT2D eigenvalue weighted by Crippen LogP contribution is -2.33. The lowest BCUT2D eigenvalue weighted by molar-refractivity contribution is -0.124. The largest absolute Gasteiger partial charge is 0.399 e. The number of rotatable bonds is 3. The van der Waals surface area contributed by atoms with Crippen LogP contribution in [0.4, 0.5) is 16.2 Å². The zero-order valence-corrected chi connectivity index (χ0v) is 9.72. The van der Waals surface area contributed by atoms with Gasteiger partial charge in [-0.25, -0.2) is 4.79 Å². The van der Waals surface area contributed by atoms with Crippen LogP contribution in [0, 0.1) is 0 Å². The minimum atomic E-state index is -0.248. The van der Waals surface area contributed by atoms with Crippen LogP contribution in [0.25, 0.3) is 0 Å². The standard InChI is InChI=1S/C12H15N3O2/c1-2-7-14-11(16)8-15(12(14)17)10-5-3-9(13)4-6-10/h3-6H,2,7-8,13H2,1H3. The first kappa shape index (κ1) is 11.4. The lowest BCUT2D eigenvalue weighted by Gasteiger charge is -2.16. The molecule has 17 heavy (non-hydrogen) atoms. The van der Waals surface area contributed by atoms with Crippen molar-refractivity contribution in [2.75, 3.05) is 23.7 Å². The van der Waals surface area contributed by atoms with E-state index in [1.165, 1.54) is 9.80 Å². The second-order valence-electron chi connectivity index (χ2n) is 4.01. The minimum Gasteiger partial charge on any atom is -0.399 e. The molecule has 1 aromatic rings. The zero-order valence-electron chi connectivity index (χ0n) is 9.72. The molecule has 1 aliphatic heterocycles. The van der Waals surface area contributed by atoms with Crippen LogP contribution in [0.15, 0.2) is 24.3 Å². The highest BCUT2D eigenvalue weighted by Crippen LogP contribution is 2.22. The van der Waals surface area contributed by atoms with Gasteiger partial charge in [-0.2, -0.15) is 0 Å². The van der Waals surface area contributed by atoms with Crippen LogP contribution >= 0.6 is 0 Å². The number of nitrogen functional groups attached to an aromatic ring is 1. The number of carbonyl (C=O) groups is 2. The Morgan fingerprint density at radius 2 is 1.88 bits per heavy atom. The fourth-order valence-corrected chi connectivity index (χ4v) is 1.84. The van der Waals surface area contributed by atoms with Gasteiger partial charge in [0, 0.05) is 17.9 Å². The SMILES string of the molecule is CCCN1C(=O)CN(c2ccc(N)cc2)C1=O. The minimum absolute atomic E-state index is 0.114. The molecule has 5 heteroatoms. The molecule has 5 nitrogen and oxygen atoms in total. The van der Waals surface area contributed by atoms with Crippen molar-refractivity contribution in [3.05, 3.63) is 24.3 Å². The quantitative estimate of drug-likeness (QED) is 0.634. The maximum atomic E-state index is 12.0. The Hall–Kier alpha value is -2.04. The number of benzene rings is 1. The second-order valence-corrected chi connectivity index (χ2v) is 4.01. The molecule has 90 valence electrons. The molecule has 2 rings (SSSR count). The average Bonchev–Trinajstić information content (AvgIpc) is 2.59. The fraction of sp³-hybridized carbons (Fsp3) is 0.333. The predicted octanol–water partition coefficient (Wildman–Crippen LogP) is 1.45. The van der Waals surface area contributed by atoms with Gasteiger partial charge in [0.2, 0.25) is 0 Å². The molecule has 0 atom stereocenters. The van der Waals surface area contributed by atoms with Crippen LogP contribution in [0.2, 0.25) is 0 Å². The fourth-order valence-electron chi connectivity index (χ4n) is 1.84. The molecule has 0 aromatic heterocycles. The molecule has 3 amide bonds. The molecule has 1 saturated heterocycles. The summed E-state index contributed by atoms with van der Waals surface area (Å²) in [7, 11) is 0. The van der Waals surface area contributed by atoms with Crippen LogP contribution in [-0.4, -0.2) is 29.9 Å². The third-order valence-corrected chi connectivity index (χ3v) is 2.71. The normalized spacial score (nSPS) is 15.8. The van der Waals surface area contributed by atoms with Crippen LogP contribution in [0.5, 0.6) is 0 Å². The molecule has 1 aromatic carbocycles. The summed E-state index contributed by atoms with van der Waals surface area (Å²) in [6.07, 6.45) is 0.771. The Morgan fingerprint density at radius 1 is 1.24 bits per heavy atom. The molecule has 0 unspecified atom stereocenters. The van der Waals surface area contributed by atoms with Gasteiger partial charge in [0.1, 0.15) is 6.54 Å². The van der Waals surface area contributed by atoms with Gasteiger partial charge in [-0.3, -0.25) is 14.6 Å². The molecule has 0 radical (unpaired) electrons. The smallest absolute Gasteiger partial charge is 0.331 e. The van der Waals surface area contributed by atoms with Crippen LogP contribution in [-0.2, 0) is 4.79 Å². The van der Waals surface area contributed by atoms with Crippen molar-refractivity contribution in [1.82, 2.24) is 4.90 Å². The summed E-state index contributed by atoms with van der Waals surface area (Å²) >= 11 is 0. The van der Waals surface area contributed by atoms with Crippen molar-refractivity contribution < 1.29 is 9.59 Å². The number of nitrogens with zero attached hydrogens (tertiary/aromatic N) is 2. The molecule has 0 aliphatic carbocycles. The molecular formula is C12H15N3O2. The summed E-state index contributed by atoms with van der Waals surface area (Å²) in [4.78, 5) is 26.4. The third-order valence-electron chi connectivity index (χ3n) is 2.71. The maximum absolute atomic E-state index is 12.0. The van der Waals surface area contributed by atoms with E-state index in [-0.39, 0.29) is 18.5 Å². The highest BCUT2D eigenvalue weighted by atomic mass is 16.2. The van der Waals surface area contributed by atoms with Crippen LogP contribution < -0.4 is 10.6 Å². The Morgan fingerprint density at radius 3 is 2.47 bits per heavy atom. The van der Waals surface area contributed by atoms with Crippen molar-refractivity contribution >= 4 is 23.3 Å². The van der Waals surface area contributed by atoms with E-state index in [4.69, 9.17) is 5.73 Å². The van der Waals surface area contributed by atoms with Crippen molar-refractivity contribution in [3.63, 3.8) is 0 Å². The van der Waals surface area contributed by atoms with Gasteiger partial charge in [0.05, 0.1) is 0 Å². The van der Waals surface area contributed by atoms with E-state index in [2.05, 4.69) is 0 Å². The molecule has 0 bridgehead atoms. The lowest BCUT2D eigenvalue weighted by atomic mass is 10.2. The molecule has 1 fully saturated rings. The monoisotopic (exact) mass is 233 g/mol. The number of urea groups is 1. The van der Waals surface area contributed by atoms with Gasteiger partial charge in [-0.05, 0) is 30.7 Å².